The molecule has 0 fully saturated rings. The van der Waals surface area contributed by atoms with E-state index in [2.05, 4.69) is 198 Å². The van der Waals surface area contributed by atoms with Gasteiger partial charge in [-0.05, 0) is 101 Å². The molecular formula is C57H60N4OPt. The minimum atomic E-state index is -0.687. The van der Waals surface area contributed by atoms with Crippen LogP contribution in [0.5, 0.6) is 0 Å². The Morgan fingerprint density at radius 1 is 0.698 bits per heavy atom. The van der Waals surface area contributed by atoms with Gasteiger partial charge in [0.05, 0.1) is 5.52 Å². The van der Waals surface area contributed by atoms with Crippen LogP contribution in [-0.4, -0.2) is 25.6 Å². The molecular weight excluding hydrogens is 952 g/mol. The summed E-state index contributed by atoms with van der Waals surface area (Å²) in [5.41, 5.74) is 15.4. The van der Waals surface area contributed by atoms with Gasteiger partial charge in [-0.1, -0.05) is 136 Å². The summed E-state index contributed by atoms with van der Waals surface area (Å²) in [4.78, 5) is 10.7. The SMILES string of the molecule is Cc1ccc2c(c1)c1ccc(-n3c4ccc(C(C)C)cc4c4cccnc43)[c-]c1n2-c1[c-]c(C2=N[C@]3(C)C(C)(C)c4c(C(C)(C)C)cc(C(C)(C)C)cc4[C@]3(C)O2)c(C)cc1C.[Pt+2]. The van der Waals surface area contributed by atoms with Crippen molar-refractivity contribution in [3.8, 4) is 11.4 Å². The van der Waals surface area contributed by atoms with Crippen molar-refractivity contribution in [1.82, 2.24) is 14.1 Å². The fourth-order valence-electron chi connectivity index (χ4n) is 10.9. The molecule has 5 aromatic carbocycles. The van der Waals surface area contributed by atoms with Crippen LogP contribution in [0.1, 0.15) is 139 Å². The summed E-state index contributed by atoms with van der Waals surface area (Å²) in [5, 5.41) is 4.67. The maximum atomic E-state index is 7.41. The molecule has 10 rings (SSSR count). The topological polar surface area (TPSA) is 44.3 Å². The third-order valence-corrected chi connectivity index (χ3v) is 14.9. The number of benzene rings is 5. The number of hydrogen-bond acceptors (Lipinski definition) is 3. The molecule has 2 aliphatic rings. The Hall–Kier alpha value is -4.99. The molecule has 1 aliphatic carbocycles. The zero-order valence-corrected chi connectivity index (χ0v) is 41.9. The zero-order valence-electron chi connectivity index (χ0n) is 39.7. The second-order valence-corrected chi connectivity index (χ2v) is 21.7. The van der Waals surface area contributed by atoms with Crippen LogP contribution in [0, 0.1) is 32.9 Å². The first-order valence-electron chi connectivity index (χ1n) is 22.4. The predicted octanol–water partition coefficient (Wildman–Crippen LogP) is 14.3. The summed E-state index contributed by atoms with van der Waals surface area (Å²) in [7, 11) is 0. The van der Waals surface area contributed by atoms with Gasteiger partial charge in [0, 0.05) is 33.5 Å². The Morgan fingerprint density at radius 3 is 2.10 bits per heavy atom. The molecule has 2 atom stereocenters. The predicted molar refractivity (Wildman–Crippen MR) is 259 cm³/mol. The van der Waals surface area contributed by atoms with Gasteiger partial charge in [-0.15, -0.1) is 40.8 Å². The standard InChI is InChI=1S/C57H60N4O.Pt/c1-32(2)36-19-23-46-43(27-36)40-17-16-24-58-51(40)60(46)38-20-21-39-42-25-33(3)18-22-47(42)61(49(39)30-38)48-31-41(34(4)26-35(48)5)52-59-57(15)55(12,13)50-44(54(9,10)11)28-37(53(6,7)8)29-45(50)56(57,14)62-52;/h16-29,32H,1-15H3;/q-2;+2/t56-,57+;/m0./s1. The summed E-state index contributed by atoms with van der Waals surface area (Å²) in [5.74, 6) is 1.08. The van der Waals surface area contributed by atoms with E-state index in [1.807, 2.05) is 12.3 Å². The van der Waals surface area contributed by atoms with Gasteiger partial charge in [0.15, 0.2) is 0 Å². The number of rotatable bonds is 4. The molecule has 6 heteroatoms. The minimum absolute atomic E-state index is 0. The van der Waals surface area contributed by atoms with Crippen molar-refractivity contribution in [3.63, 3.8) is 0 Å². The molecule has 0 unspecified atom stereocenters. The van der Waals surface area contributed by atoms with Crippen molar-refractivity contribution in [2.24, 2.45) is 4.99 Å². The average Bonchev–Trinajstić information content (AvgIpc) is 3.84. The van der Waals surface area contributed by atoms with Gasteiger partial charge >= 0.3 is 21.1 Å². The van der Waals surface area contributed by atoms with Gasteiger partial charge in [-0.2, -0.15) is 6.07 Å². The summed E-state index contributed by atoms with van der Waals surface area (Å²) >= 11 is 0. The molecule has 0 radical (unpaired) electrons. The summed E-state index contributed by atoms with van der Waals surface area (Å²) in [6, 6.07) is 37.4. The Kier molecular flexibility index (Phi) is 9.62. The number of hydrogen-bond donors (Lipinski definition) is 0. The van der Waals surface area contributed by atoms with Gasteiger partial charge in [-0.25, -0.2) is 4.98 Å². The van der Waals surface area contributed by atoms with Crippen LogP contribution in [-0.2, 0) is 47.6 Å². The second kappa shape index (κ2) is 14.0. The molecule has 5 nitrogen and oxygen atoms in total. The van der Waals surface area contributed by atoms with Crippen molar-refractivity contribution < 1.29 is 25.8 Å². The normalized spacial score (nSPS) is 19.5. The first-order chi connectivity index (χ1) is 29.0. The largest absolute Gasteiger partial charge is 2.00 e. The Labute approximate surface area is 388 Å². The van der Waals surface area contributed by atoms with Crippen molar-refractivity contribution in [3.05, 3.63) is 147 Å². The van der Waals surface area contributed by atoms with Crippen LogP contribution >= 0.6 is 0 Å². The fraction of sp³-hybridized carbons (Fsp3) is 0.368. The van der Waals surface area contributed by atoms with E-state index in [-0.39, 0.29) is 37.3 Å². The van der Waals surface area contributed by atoms with Crippen molar-refractivity contribution in [2.45, 2.75) is 137 Å². The van der Waals surface area contributed by atoms with Gasteiger partial charge < -0.3 is 13.9 Å². The maximum Gasteiger partial charge on any atom is 2.00 e. The molecule has 3 aromatic heterocycles. The van der Waals surface area contributed by atoms with Crippen LogP contribution in [0.4, 0.5) is 0 Å². The number of aryl methyl sites for hydroxylation is 3. The molecule has 0 spiro atoms. The van der Waals surface area contributed by atoms with Crippen molar-refractivity contribution >= 4 is 49.6 Å². The summed E-state index contributed by atoms with van der Waals surface area (Å²) in [6.07, 6.45) is 1.89. The number of nitrogens with zero attached hydrogens (tertiary/aromatic N) is 4. The van der Waals surface area contributed by atoms with Crippen molar-refractivity contribution in [1.29, 1.82) is 0 Å². The van der Waals surface area contributed by atoms with E-state index in [0.717, 1.165) is 61.0 Å². The molecule has 1 aliphatic heterocycles. The monoisotopic (exact) mass is 1010 g/mol. The van der Waals surface area contributed by atoms with Crippen LogP contribution in [0.3, 0.4) is 0 Å². The van der Waals surface area contributed by atoms with Crippen LogP contribution in [0.2, 0.25) is 0 Å². The van der Waals surface area contributed by atoms with E-state index in [1.165, 1.54) is 44.2 Å². The zero-order chi connectivity index (χ0) is 44.2. The van der Waals surface area contributed by atoms with Crippen molar-refractivity contribution in [2.75, 3.05) is 0 Å². The average molecular weight is 1010 g/mol. The molecule has 4 heterocycles. The molecule has 0 bridgehead atoms. The number of aromatic nitrogens is 3. The van der Waals surface area contributed by atoms with E-state index in [4.69, 9.17) is 14.7 Å². The Balaban J connectivity index is 0.00000504. The van der Waals surface area contributed by atoms with E-state index >= 15 is 0 Å². The van der Waals surface area contributed by atoms with Crippen LogP contribution in [0.25, 0.3) is 55.1 Å². The minimum Gasteiger partial charge on any atom is -0.508 e. The van der Waals surface area contributed by atoms with Gasteiger partial charge in [0.2, 0.25) is 0 Å². The summed E-state index contributed by atoms with van der Waals surface area (Å²) < 4.78 is 12.0. The number of fused-ring (bicyclic) bond motifs is 9. The van der Waals surface area contributed by atoms with Crippen LogP contribution in [0.15, 0.2) is 90.1 Å². The Morgan fingerprint density at radius 2 is 1.40 bits per heavy atom. The number of aliphatic imine (C=N–C) groups is 1. The first-order valence-corrected chi connectivity index (χ1v) is 22.4. The molecule has 0 amide bonds. The number of ether oxygens (including phenoxy) is 1. The fourth-order valence-corrected chi connectivity index (χ4v) is 10.9. The quantitative estimate of drug-likeness (QED) is 0.165. The van der Waals surface area contributed by atoms with Gasteiger partial charge in [0.1, 0.15) is 22.7 Å². The maximum absolute atomic E-state index is 7.41. The molecule has 63 heavy (non-hydrogen) atoms. The second-order valence-electron chi connectivity index (χ2n) is 21.7. The summed E-state index contributed by atoms with van der Waals surface area (Å²) in [6.45, 7) is 34.3. The van der Waals surface area contributed by atoms with E-state index in [9.17, 15) is 0 Å². The molecule has 0 N–H and O–H groups in total. The smallest absolute Gasteiger partial charge is 0.508 e. The van der Waals surface area contributed by atoms with Gasteiger partial charge in [0.25, 0.3) is 0 Å². The third-order valence-electron chi connectivity index (χ3n) is 14.9. The van der Waals surface area contributed by atoms with Crippen LogP contribution < -0.4 is 0 Å². The number of pyridine rings is 1. The van der Waals surface area contributed by atoms with Gasteiger partial charge in [-0.3, -0.25) is 4.99 Å². The molecule has 8 aromatic rings. The van der Waals surface area contributed by atoms with E-state index in [1.54, 1.807) is 0 Å². The van der Waals surface area contributed by atoms with E-state index < -0.39 is 11.1 Å². The molecule has 0 saturated heterocycles. The molecule has 324 valence electrons. The Bertz CT molecular complexity index is 3250. The first kappa shape index (κ1) is 43.3. The van der Waals surface area contributed by atoms with E-state index in [0.29, 0.717) is 11.8 Å². The third kappa shape index (κ3) is 6.04. The molecule has 0 saturated carbocycles.